The van der Waals surface area contributed by atoms with E-state index in [1.165, 1.54) is 18.5 Å². The van der Waals surface area contributed by atoms with Crippen LogP contribution in [0.15, 0.2) is 24.3 Å². The zero-order chi connectivity index (χ0) is 20.8. The van der Waals surface area contributed by atoms with Crippen molar-refractivity contribution in [2.75, 3.05) is 51.3 Å². The summed E-state index contributed by atoms with van der Waals surface area (Å²) in [5.41, 5.74) is 1.24. The molecular formula is C24H40N2O3. The van der Waals surface area contributed by atoms with E-state index >= 15 is 0 Å². The summed E-state index contributed by atoms with van der Waals surface area (Å²) in [7, 11) is 1.70. The van der Waals surface area contributed by atoms with E-state index in [1.54, 1.807) is 7.11 Å². The highest BCUT2D eigenvalue weighted by atomic mass is 16.5. The van der Waals surface area contributed by atoms with E-state index in [4.69, 9.17) is 9.47 Å². The molecule has 0 radical (unpaired) electrons. The summed E-state index contributed by atoms with van der Waals surface area (Å²) in [5.74, 6) is 2.91. The van der Waals surface area contributed by atoms with Crippen LogP contribution in [0.5, 0.6) is 5.75 Å². The van der Waals surface area contributed by atoms with Crippen LogP contribution in [0.25, 0.3) is 0 Å². The van der Waals surface area contributed by atoms with Gasteiger partial charge in [-0.15, -0.1) is 0 Å². The van der Waals surface area contributed by atoms with Gasteiger partial charge < -0.3 is 19.5 Å². The molecule has 2 aliphatic rings. The van der Waals surface area contributed by atoms with Crippen LogP contribution in [0.2, 0.25) is 0 Å². The smallest absolute Gasteiger partial charge is 0.119 e. The Balaban J connectivity index is 1.40. The Labute approximate surface area is 177 Å². The monoisotopic (exact) mass is 404 g/mol. The first-order valence-electron chi connectivity index (χ1n) is 11.4. The predicted octanol–water partition coefficient (Wildman–Crippen LogP) is 3.66. The van der Waals surface area contributed by atoms with Crippen molar-refractivity contribution in [3.63, 3.8) is 0 Å². The van der Waals surface area contributed by atoms with Crippen molar-refractivity contribution in [1.82, 2.24) is 4.90 Å². The standard InChI is InChI=1S/C24H40N2O3/c1-18(2)23-10-5-19(3)15-24(23)29-17-21(27)16-25-11-13-26(14-12-25)20-6-8-22(28-4)9-7-20/h6-9,18-19,21,23-24,27H,5,10-17H2,1-4H3/t19-,21+,23+,24+/m0/s1. The van der Waals surface area contributed by atoms with E-state index < -0.39 is 6.10 Å². The Morgan fingerprint density at radius 3 is 2.38 bits per heavy atom. The lowest BCUT2D eigenvalue weighted by Crippen LogP contribution is -2.49. The van der Waals surface area contributed by atoms with E-state index in [9.17, 15) is 5.11 Å². The maximum Gasteiger partial charge on any atom is 0.119 e. The number of aliphatic hydroxyl groups is 1. The van der Waals surface area contributed by atoms with Crippen LogP contribution in [0, 0.1) is 17.8 Å². The molecule has 0 spiro atoms. The third kappa shape index (κ3) is 6.34. The molecule has 1 heterocycles. The van der Waals surface area contributed by atoms with Crippen LogP contribution in [-0.4, -0.2) is 68.7 Å². The fraction of sp³-hybridized carbons (Fsp3) is 0.750. The molecule has 1 aromatic carbocycles. The quantitative estimate of drug-likeness (QED) is 0.716. The van der Waals surface area contributed by atoms with E-state index in [1.807, 2.05) is 12.1 Å². The Bertz CT molecular complexity index is 599. The van der Waals surface area contributed by atoms with Gasteiger partial charge in [-0.1, -0.05) is 27.2 Å². The lowest BCUT2D eigenvalue weighted by atomic mass is 9.75. The minimum atomic E-state index is -0.410. The van der Waals surface area contributed by atoms with Crippen molar-refractivity contribution in [2.24, 2.45) is 17.8 Å². The third-order valence-corrected chi connectivity index (χ3v) is 6.74. The normalized spacial score (nSPS) is 27.2. The first kappa shape index (κ1) is 22.4. The molecule has 1 aromatic rings. The van der Waals surface area contributed by atoms with Gasteiger partial charge in [0, 0.05) is 38.4 Å². The number of ether oxygens (including phenoxy) is 2. The number of benzene rings is 1. The average Bonchev–Trinajstić information content (AvgIpc) is 2.73. The number of nitrogens with zero attached hydrogens (tertiary/aromatic N) is 2. The molecule has 0 unspecified atom stereocenters. The van der Waals surface area contributed by atoms with Crippen molar-refractivity contribution in [2.45, 2.75) is 52.2 Å². The van der Waals surface area contributed by atoms with Crippen LogP contribution >= 0.6 is 0 Å². The molecule has 4 atom stereocenters. The predicted molar refractivity (Wildman–Crippen MR) is 119 cm³/mol. The summed E-state index contributed by atoms with van der Waals surface area (Å²) in [5, 5.41) is 10.6. The van der Waals surface area contributed by atoms with Crippen molar-refractivity contribution < 1.29 is 14.6 Å². The number of β-amino-alcohol motifs (C(OH)–C–C–N with tert-alkyl or cyclic N) is 1. The summed E-state index contributed by atoms with van der Waals surface area (Å²) in [6, 6.07) is 8.26. The number of anilines is 1. The van der Waals surface area contributed by atoms with E-state index in [2.05, 4.69) is 42.7 Å². The molecule has 1 N–H and O–H groups in total. The number of hydrogen-bond acceptors (Lipinski definition) is 5. The summed E-state index contributed by atoms with van der Waals surface area (Å²) in [6.07, 6.45) is 3.60. The molecule has 0 aromatic heterocycles. The molecule has 2 fully saturated rings. The zero-order valence-electron chi connectivity index (χ0n) is 18.7. The average molecular weight is 405 g/mol. The van der Waals surface area contributed by atoms with Gasteiger partial charge in [-0.2, -0.15) is 0 Å². The molecular weight excluding hydrogens is 364 g/mol. The van der Waals surface area contributed by atoms with E-state index in [0.29, 0.717) is 31.1 Å². The molecule has 5 nitrogen and oxygen atoms in total. The number of rotatable bonds is 8. The highest BCUT2D eigenvalue weighted by molar-refractivity contribution is 5.49. The third-order valence-electron chi connectivity index (χ3n) is 6.74. The Hall–Kier alpha value is -1.30. The Morgan fingerprint density at radius 1 is 1.07 bits per heavy atom. The summed E-state index contributed by atoms with van der Waals surface area (Å²) >= 11 is 0. The van der Waals surface area contributed by atoms with Gasteiger partial charge >= 0.3 is 0 Å². The molecule has 1 aliphatic carbocycles. The molecule has 5 heteroatoms. The molecule has 0 amide bonds. The second-order valence-electron chi connectivity index (χ2n) is 9.34. The Morgan fingerprint density at radius 2 is 1.76 bits per heavy atom. The molecule has 164 valence electrons. The van der Waals surface area contributed by atoms with E-state index in [-0.39, 0.29) is 0 Å². The SMILES string of the molecule is COc1ccc(N2CCN(C[C@@H](O)CO[C@@H]3C[C@@H](C)CC[C@@H]3C(C)C)CC2)cc1. The summed E-state index contributed by atoms with van der Waals surface area (Å²) in [4.78, 5) is 4.76. The van der Waals surface area contributed by atoms with Gasteiger partial charge in [-0.25, -0.2) is 0 Å². The van der Waals surface area contributed by atoms with Gasteiger partial charge in [0.25, 0.3) is 0 Å². The maximum atomic E-state index is 10.6. The summed E-state index contributed by atoms with van der Waals surface area (Å²) in [6.45, 7) is 12.0. The molecule has 29 heavy (non-hydrogen) atoms. The fourth-order valence-corrected chi connectivity index (χ4v) is 4.87. The van der Waals surface area contributed by atoms with E-state index in [0.717, 1.165) is 44.3 Å². The number of hydrogen-bond donors (Lipinski definition) is 1. The zero-order valence-corrected chi connectivity index (χ0v) is 18.7. The van der Waals surface area contributed by atoms with Crippen molar-refractivity contribution >= 4 is 5.69 Å². The molecule has 3 rings (SSSR count). The van der Waals surface area contributed by atoms with Gasteiger partial charge in [-0.05, 0) is 54.9 Å². The van der Waals surface area contributed by atoms with Gasteiger partial charge in [0.05, 0.1) is 25.9 Å². The van der Waals surface area contributed by atoms with Crippen molar-refractivity contribution in [1.29, 1.82) is 0 Å². The fourth-order valence-electron chi connectivity index (χ4n) is 4.87. The van der Waals surface area contributed by atoms with Gasteiger partial charge in [-0.3, -0.25) is 4.90 Å². The highest BCUT2D eigenvalue weighted by Gasteiger charge is 2.32. The largest absolute Gasteiger partial charge is 0.497 e. The first-order valence-corrected chi connectivity index (χ1v) is 11.4. The van der Waals surface area contributed by atoms with Crippen LogP contribution in [-0.2, 0) is 4.74 Å². The molecule has 1 aliphatic heterocycles. The van der Waals surface area contributed by atoms with Crippen LogP contribution < -0.4 is 9.64 Å². The minimum Gasteiger partial charge on any atom is -0.497 e. The topological polar surface area (TPSA) is 45.2 Å². The molecule has 1 saturated carbocycles. The summed E-state index contributed by atoms with van der Waals surface area (Å²) < 4.78 is 11.5. The number of aliphatic hydroxyl groups excluding tert-OH is 1. The first-order chi connectivity index (χ1) is 14.0. The molecule has 0 bridgehead atoms. The second-order valence-corrected chi connectivity index (χ2v) is 9.34. The van der Waals surface area contributed by atoms with Crippen molar-refractivity contribution in [3.8, 4) is 5.75 Å². The van der Waals surface area contributed by atoms with Crippen LogP contribution in [0.1, 0.15) is 40.0 Å². The second kappa shape index (κ2) is 10.6. The molecule has 1 saturated heterocycles. The van der Waals surface area contributed by atoms with Gasteiger partial charge in [0.1, 0.15) is 5.75 Å². The van der Waals surface area contributed by atoms with Gasteiger partial charge in [0.2, 0.25) is 0 Å². The number of piperazine rings is 1. The van der Waals surface area contributed by atoms with Gasteiger partial charge in [0.15, 0.2) is 0 Å². The number of methoxy groups -OCH3 is 1. The lowest BCUT2D eigenvalue weighted by Gasteiger charge is -2.39. The van der Waals surface area contributed by atoms with Crippen LogP contribution in [0.3, 0.4) is 0 Å². The minimum absolute atomic E-state index is 0.306. The Kier molecular flexibility index (Phi) is 8.22. The maximum absolute atomic E-state index is 10.6. The van der Waals surface area contributed by atoms with Crippen LogP contribution in [0.4, 0.5) is 5.69 Å². The van der Waals surface area contributed by atoms with Crippen molar-refractivity contribution in [3.05, 3.63) is 24.3 Å². The lowest BCUT2D eigenvalue weighted by molar-refractivity contribution is -0.0740. The highest BCUT2D eigenvalue weighted by Crippen LogP contribution is 2.35.